The van der Waals surface area contributed by atoms with E-state index in [0.717, 1.165) is 5.56 Å². The first-order valence-electron chi connectivity index (χ1n) is 8.41. The van der Waals surface area contributed by atoms with Crippen LogP contribution in [0.3, 0.4) is 0 Å². The van der Waals surface area contributed by atoms with E-state index in [9.17, 15) is 4.79 Å². The summed E-state index contributed by atoms with van der Waals surface area (Å²) in [5.74, 6) is 0.359. The molecular weight excluding hydrogens is 419 g/mol. The molecule has 1 aromatic heterocycles. The van der Waals surface area contributed by atoms with E-state index in [2.05, 4.69) is 0 Å². The van der Waals surface area contributed by atoms with Gasteiger partial charge in [0.25, 0.3) is 0 Å². The molecule has 0 aliphatic heterocycles. The van der Waals surface area contributed by atoms with Gasteiger partial charge in [-0.3, -0.25) is 4.79 Å². The zero-order valence-electron chi connectivity index (χ0n) is 14.4. The molecule has 0 radical (unpaired) electrons. The first kappa shape index (κ1) is 18.9. The second-order valence-corrected chi connectivity index (χ2v) is 7.40. The highest BCUT2D eigenvalue weighted by molar-refractivity contribution is 6.36. The quantitative estimate of drug-likeness (QED) is 0.349. The lowest BCUT2D eigenvalue weighted by Crippen LogP contribution is -2.10. The Hall–Kier alpha value is -2.46. The van der Waals surface area contributed by atoms with Crippen LogP contribution >= 0.6 is 34.8 Å². The minimum Gasteiger partial charge on any atom is -0.481 e. The van der Waals surface area contributed by atoms with Crippen molar-refractivity contribution in [2.45, 2.75) is 6.61 Å². The van der Waals surface area contributed by atoms with Crippen molar-refractivity contribution in [3.63, 3.8) is 0 Å². The summed E-state index contributed by atoms with van der Waals surface area (Å²) in [6.45, 7) is 0.179. The minimum absolute atomic E-state index is 0.0953. The average molecular weight is 432 g/mol. The fraction of sp³-hybridized carbons (Fsp3) is 0.0455. The van der Waals surface area contributed by atoms with Crippen LogP contribution in [0.2, 0.25) is 15.1 Å². The van der Waals surface area contributed by atoms with Crippen molar-refractivity contribution in [3.05, 3.63) is 97.6 Å². The molecule has 1 heterocycles. The van der Waals surface area contributed by atoms with E-state index in [1.807, 2.05) is 12.1 Å². The molecule has 0 bridgehead atoms. The van der Waals surface area contributed by atoms with Gasteiger partial charge in [0, 0.05) is 15.6 Å². The van der Waals surface area contributed by atoms with Gasteiger partial charge >= 0.3 is 0 Å². The third-order valence-corrected chi connectivity index (χ3v) is 5.03. The summed E-state index contributed by atoms with van der Waals surface area (Å²) < 4.78 is 11.9. The van der Waals surface area contributed by atoms with Crippen molar-refractivity contribution in [3.8, 4) is 17.1 Å². The first-order chi connectivity index (χ1) is 13.5. The third kappa shape index (κ3) is 3.74. The molecule has 0 aliphatic carbocycles. The zero-order valence-corrected chi connectivity index (χ0v) is 16.7. The molecule has 4 aromatic rings. The summed E-state index contributed by atoms with van der Waals surface area (Å²) in [4.78, 5) is 13.1. The molecular formula is C22H13Cl3O3. The zero-order chi connectivity index (χ0) is 19.7. The van der Waals surface area contributed by atoms with Crippen LogP contribution in [-0.4, -0.2) is 0 Å². The van der Waals surface area contributed by atoms with Crippen LogP contribution in [0.5, 0.6) is 5.75 Å². The van der Waals surface area contributed by atoms with Gasteiger partial charge in [-0.15, -0.1) is 0 Å². The second-order valence-electron chi connectivity index (χ2n) is 6.12. The Labute approximate surface area is 176 Å². The lowest BCUT2D eigenvalue weighted by Gasteiger charge is -2.13. The Morgan fingerprint density at radius 1 is 0.857 bits per heavy atom. The van der Waals surface area contributed by atoms with Gasteiger partial charge in [0.15, 0.2) is 5.76 Å². The SMILES string of the molecule is O=c1c(OCc2ccc(Cl)cc2)c(-c2ccc(Cl)cc2Cl)oc2ccccc12. The Morgan fingerprint density at radius 2 is 1.57 bits per heavy atom. The molecule has 0 saturated carbocycles. The molecule has 4 rings (SSSR count). The smallest absolute Gasteiger partial charge is 0.235 e. The van der Waals surface area contributed by atoms with Gasteiger partial charge in [0.05, 0.1) is 10.4 Å². The van der Waals surface area contributed by atoms with Crippen molar-refractivity contribution in [1.82, 2.24) is 0 Å². The molecule has 0 N–H and O–H groups in total. The highest BCUT2D eigenvalue weighted by Gasteiger charge is 2.20. The van der Waals surface area contributed by atoms with Crippen LogP contribution in [0.15, 0.2) is 75.9 Å². The maximum atomic E-state index is 13.1. The van der Waals surface area contributed by atoms with Gasteiger partial charge in [-0.1, -0.05) is 59.1 Å². The highest BCUT2D eigenvalue weighted by Crippen LogP contribution is 2.36. The summed E-state index contributed by atoms with van der Waals surface area (Å²) in [6, 6.07) is 19.2. The van der Waals surface area contributed by atoms with Gasteiger partial charge in [-0.2, -0.15) is 0 Å². The predicted octanol–water partition coefficient (Wildman–Crippen LogP) is 7.00. The predicted molar refractivity (Wildman–Crippen MR) is 114 cm³/mol. The van der Waals surface area contributed by atoms with Gasteiger partial charge < -0.3 is 9.15 Å². The Kier molecular flexibility index (Phi) is 5.31. The Balaban J connectivity index is 1.85. The van der Waals surface area contributed by atoms with Crippen LogP contribution in [0.1, 0.15) is 5.56 Å². The number of ether oxygens (including phenoxy) is 1. The molecule has 0 amide bonds. The number of benzene rings is 3. The highest BCUT2D eigenvalue weighted by atomic mass is 35.5. The minimum atomic E-state index is -0.267. The van der Waals surface area contributed by atoms with Crippen LogP contribution < -0.4 is 10.2 Å². The number of fused-ring (bicyclic) bond motifs is 1. The van der Waals surface area contributed by atoms with Gasteiger partial charge in [-0.05, 0) is 48.0 Å². The molecule has 0 fully saturated rings. The fourth-order valence-electron chi connectivity index (χ4n) is 2.84. The molecule has 0 aliphatic rings. The molecule has 3 nitrogen and oxygen atoms in total. The lowest BCUT2D eigenvalue weighted by molar-refractivity contribution is 0.298. The molecule has 0 spiro atoms. The maximum Gasteiger partial charge on any atom is 0.235 e. The third-order valence-electron chi connectivity index (χ3n) is 4.23. The topological polar surface area (TPSA) is 39.4 Å². The van der Waals surface area contributed by atoms with Crippen LogP contribution in [0, 0.1) is 0 Å². The molecule has 0 atom stereocenters. The van der Waals surface area contributed by atoms with E-state index < -0.39 is 0 Å². The lowest BCUT2D eigenvalue weighted by atomic mass is 10.1. The van der Waals surface area contributed by atoms with Crippen LogP contribution in [0.4, 0.5) is 0 Å². The molecule has 140 valence electrons. The summed E-state index contributed by atoms with van der Waals surface area (Å²) >= 11 is 18.3. The fourth-order valence-corrected chi connectivity index (χ4v) is 3.46. The number of rotatable bonds is 4. The van der Waals surface area contributed by atoms with E-state index in [1.54, 1.807) is 54.6 Å². The Morgan fingerprint density at radius 3 is 2.32 bits per heavy atom. The van der Waals surface area contributed by atoms with E-state index in [4.69, 9.17) is 44.0 Å². The molecule has 0 unspecified atom stereocenters. The van der Waals surface area contributed by atoms with Crippen molar-refractivity contribution < 1.29 is 9.15 Å². The van der Waals surface area contributed by atoms with Crippen molar-refractivity contribution in [2.24, 2.45) is 0 Å². The van der Waals surface area contributed by atoms with Gasteiger partial charge in [0.2, 0.25) is 11.2 Å². The summed E-state index contributed by atoms with van der Waals surface area (Å²) in [5, 5.41) is 1.91. The number of para-hydroxylation sites is 1. The van der Waals surface area contributed by atoms with Crippen molar-refractivity contribution >= 4 is 45.8 Å². The molecule has 3 aromatic carbocycles. The first-order valence-corrected chi connectivity index (χ1v) is 9.55. The molecule has 0 saturated heterocycles. The summed E-state index contributed by atoms with van der Waals surface area (Å²) in [6.07, 6.45) is 0. The largest absolute Gasteiger partial charge is 0.481 e. The van der Waals surface area contributed by atoms with Crippen molar-refractivity contribution in [2.75, 3.05) is 0 Å². The summed E-state index contributed by atoms with van der Waals surface area (Å²) in [7, 11) is 0. The van der Waals surface area contributed by atoms with E-state index in [1.165, 1.54) is 0 Å². The normalized spacial score (nSPS) is 11.0. The average Bonchev–Trinajstić information content (AvgIpc) is 2.69. The van der Waals surface area contributed by atoms with E-state index >= 15 is 0 Å². The van der Waals surface area contributed by atoms with Gasteiger partial charge in [0.1, 0.15) is 12.2 Å². The van der Waals surface area contributed by atoms with Crippen molar-refractivity contribution in [1.29, 1.82) is 0 Å². The van der Waals surface area contributed by atoms with Gasteiger partial charge in [-0.25, -0.2) is 0 Å². The maximum absolute atomic E-state index is 13.1. The van der Waals surface area contributed by atoms with Crippen LogP contribution in [-0.2, 0) is 6.61 Å². The monoisotopic (exact) mass is 430 g/mol. The molecule has 28 heavy (non-hydrogen) atoms. The molecule has 6 heteroatoms. The number of halogens is 3. The summed E-state index contributed by atoms with van der Waals surface area (Å²) in [5.41, 5.74) is 1.58. The Bertz CT molecular complexity index is 1210. The van der Waals surface area contributed by atoms with E-state index in [-0.39, 0.29) is 23.5 Å². The standard InChI is InChI=1S/C22H13Cl3O3/c23-14-7-5-13(6-8-14)12-27-22-20(26)17-3-1-2-4-19(17)28-21(22)16-10-9-15(24)11-18(16)25/h1-11H,12H2. The number of hydrogen-bond donors (Lipinski definition) is 0. The second kappa shape index (κ2) is 7.88. The van der Waals surface area contributed by atoms with Crippen LogP contribution in [0.25, 0.3) is 22.3 Å². The number of hydrogen-bond acceptors (Lipinski definition) is 3. The van der Waals surface area contributed by atoms with E-state index in [0.29, 0.717) is 31.6 Å².